The molecule has 0 unspecified atom stereocenters. The van der Waals surface area contributed by atoms with E-state index >= 15 is 0 Å². The molecule has 0 saturated carbocycles. The van der Waals surface area contributed by atoms with Crippen molar-refractivity contribution >= 4 is 51.3 Å². The van der Waals surface area contributed by atoms with E-state index in [0.29, 0.717) is 5.17 Å². The van der Waals surface area contributed by atoms with Crippen LogP contribution >= 0.6 is 23.4 Å². The lowest BCUT2D eigenvalue weighted by Gasteiger charge is -2.09. The summed E-state index contributed by atoms with van der Waals surface area (Å²) in [7, 11) is 0. The highest BCUT2D eigenvalue weighted by Crippen LogP contribution is 2.31. The maximum Gasteiger partial charge on any atom is 0.188 e. The molecule has 0 saturated heterocycles. The summed E-state index contributed by atoms with van der Waals surface area (Å²) >= 11 is 7.73. The third kappa shape index (κ3) is 3.20. The molecule has 130 valence electrons. The molecule has 4 rings (SSSR count). The quantitative estimate of drug-likeness (QED) is 0.603. The van der Waals surface area contributed by atoms with Gasteiger partial charge in [-0.05, 0) is 61.9 Å². The number of benzene rings is 2. The van der Waals surface area contributed by atoms with Gasteiger partial charge in [-0.25, -0.2) is 9.98 Å². The minimum atomic E-state index is 0.693. The number of hydrogen-bond donors (Lipinski definition) is 1. The van der Waals surface area contributed by atoms with Crippen LogP contribution < -0.4 is 5.43 Å². The Hall–Kier alpha value is -2.37. The van der Waals surface area contributed by atoms with Crippen LogP contribution in [0.5, 0.6) is 0 Å². The van der Waals surface area contributed by atoms with Crippen molar-refractivity contribution in [2.45, 2.75) is 25.8 Å². The number of fused-ring (bicyclic) bond motifs is 2. The van der Waals surface area contributed by atoms with Gasteiger partial charge in [0.1, 0.15) is 5.03 Å². The van der Waals surface area contributed by atoms with Gasteiger partial charge in [-0.3, -0.25) is 5.43 Å². The van der Waals surface area contributed by atoms with Gasteiger partial charge in [0.2, 0.25) is 0 Å². The average molecular weight is 381 g/mol. The Morgan fingerprint density at radius 2 is 1.92 bits per heavy atom. The molecule has 0 fully saturated rings. The van der Waals surface area contributed by atoms with E-state index in [-0.39, 0.29) is 0 Å². The summed E-state index contributed by atoms with van der Waals surface area (Å²) in [5, 5.41) is 7.62. The molecule has 2 aromatic carbocycles. The number of hydrazone groups is 1. The zero-order valence-electron chi connectivity index (χ0n) is 14.7. The summed E-state index contributed by atoms with van der Waals surface area (Å²) in [6.45, 7) is 6.12. The molecule has 1 N–H and O–H groups in total. The largest absolute Gasteiger partial charge is 0.255 e. The third-order valence-corrected chi connectivity index (χ3v) is 5.60. The molecule has 0 spiro atoms. The zero-order chi connectivity index (χ0) is 18.3. The summed E-state index contributed by atoms with van der Waals surface area (Å²) in [5.74, 6) is 0. The fourth-order valence-corrected chi connectivity index (χ4v) is 3.83. The van der Waals surface area contributed by atoms with Gasteiger partial charge in [0, 0.05) is 16.0 Å². The van der Waals surface area contributed by atoms with Crippen molar-refractivity contribution < 1.29 is 0 Å². The van der Waals surface area contributed by atoms with Crippen LogP contribution in [0.25, 0.3) is 10.9 Å². The Balaban J connectivity index is 1.79. The fourth-order valence-electron chi connectivity index (χ4n) is 2.89. The summed E-state index contributed by atoms with van der Waals surface area (Å²) in [5.41, 5.74) is 9.13. The maximum absolute atomic E-state index is 6.26. The molecule has 0 atom stereocenters. The van der Waals surface area contributed by atoms with Gasteiger partial charge in [0.05, 0.1) is 17.4 Å². The lowest BCUT2D eigenvalue weighted by Crippen LogP contribution is -2.11. The molecule has 1 aliphatic rings. The van der Waals surface area contributed by atoms with Crippen LogP contribution in [-0.4, -0.2) is 16.4 Å². The first-order valence-electron chi connectivity index (χ1n) is 8.24. The molecule has 26 heavy (non-hydrogen) atoms. The van der Waals surface area contributed by atoms with E-state index in [1.54, 1.807) is 6.21 Å². The predicted octanol–water partition coefficient (Wildman–Crippen LogP) is 5.53. The molecular weight excluding hydrogens is 364 g/mol. The second-order valence-corrected chi connectivity index (χ2v) is 7.69. The standard InChI is InChI=1S/C20H17ClN4S/c1-11-4-7-17(12(2)8-11)23-20-25-22-10-15-9-14-5-6-16(21)13(3)18(14)24-19(15)26-20/h4-10H,1-3H3,(H,23,25). The van der Waals surface area contributed by atoms with Crippen LogP contribution in [0.3, 0.4) is 0 Å². The van der Waals surface area contributed by atoms with Crippen LogP contribution in [0.4, 0.5) is 5.69 Å². The van der Waals surface area contributed by atoms with E-state index in [4.69, 9.17) is 21.6 Å². The van der Waals surface area contributed by atoms with Gasteiger partial charge in [0.15, 0.2) is 5.17 Å². The molecule has 6 heteroatoms. The van der Waals surface area contributed by atoms with E-state index < -0.39 is 0 Å². The number of pyridine rings is 1. The highest BCUT2D eigenvalue weighted by atomic mass is 35.5. The molecule has 1 aromatic heterocycles. The second-order valence-electron chi connectivity index (χ2n) is 6.31. The van der Waals surface area contributed by atoms with Crippen LogP contribution in [0.1, 0.15) is 22.3 Å². The van der Waals surface area contributed by atoms with Crippen molar-refractivity contribution in [1.29, 1.82) is 0 Å². The van der Waals surface area contributed by atoms with Crippen LogP contribution in [0.2, 0.25) is 5.02 Å². The third-order valence-electron chi connectivity index (χ3n) is 4.30. The number of rotatable bonds is 1. The van der Waals surface area contributed by atoms with Gasteiger partial charge in [-0.15, -0.1) is 0 Å². The second kappa shape index (κ2) is 6.74. The SMILES string of the molecule is Cc1ccc(N=C2NN=Cc3cc4ccc(Cl)c(C)c4nc3S2)c(C)c1. The first-order valence-corrected chi connectivity index (χ1v) is 9.43. The number of halogens is 1. The smallest absolute Gasteiger partial charge is 0.188 e. The summed E-state index contributed by atoms with van der Waals surface area (Å²) in [6, 6.07) is 12.2. The monoisotopic (exact) mass is 380 g/mol. The molecule has 2 heterocycles. The Labute approximate surface area is 161 Å². The van der Waals surface area contributed by atoms with Crippen molar-refractivity contribution in [3.8, 4) is 0 Å². The van der Waals surface area contributed by atoms with Crippen molar-refractivity contribution in [3.63, 3.8) is 0 Å². The van der Waals surface area contributed by atoms with Crippen molar-refractivity contribution in [3.05, 3.63) is 63.7 Å². The minimum Gasteiger partial charge on any atom is -0.255 e. The highest BCUT2D eigenvalue weighted by molar-refractivity contribution is 8.13. The molecule has 1 aliphatic heterocycles. The fraction of sp³-hybridized carbons (Fsp3) is 0.150. The Kier molecular flexibility index (Phi) is 4.42. The van der Waals surface area contributed by atoms with Crippen molar-refractivity contribution in [1.82, 2.24) is 10.4 Å². The van der Waals surface area contributed by atoms with Gasteiger partial charge in [0.25, 0.3) is 0 Å². The highest BCUT2D eigenvalue weighted by Gasteiger charge is 2.15. The lowest BCUT2D eigenvalue weighted by atomic mass is 10.1. The first kappa shape index (κ1) is 17.1. The number of aliphatic imine (C=N–C) groups is 1. The van der Waals surface area contributed by atoms with Crippen LogP contribution in [-0.2, 0) is 0 Å². The summed E-state index contributed by atoms with van der Waals surface area (Å²) in [4.78, 5) is 9.56. The zero-order valence-corrected chi connectivity index (χ0v) is 16.2. The summed E-state index contributed by atoms with van der Waals surface area (Å²) in [6.07, 6.45) is 1.78. The molecule has 3 aromatic rings. The average Bonchev–Trinajstić information content (AvgIpc) is 2.81. The van der Waals surface area contributed by atoms with E-state index in [9.17, 15) is 0 Å². The molecule has 0 radical (unpaired) electrons. The van der Waals surface area contributed by atoms with E-state index in [1.807, 2.05) is 25.1 Å². The Morgan fingerprint density at radius 1 is 1.08 bits per heavy atom. The van der Waals surface area contributed by atoms with E-state index in [2.05, 4.69) is 42.6 Å². The van der Waals surface area contributed by atoms with Crippen molar-refractivity contribution in [2.75, 3.05) is 0 Å². The number of aromatic nitrogens is 1. The number of nitrogens with zero attached hydrogens (tertiary/aromatic N) is 3. The minimum absolute atomic E-state index is 0.693. The number of nitrogens with one attached hydrogen (secondary N) is 1. The Bertz CT molecular complexity index is 1090. The van der Waals surface area contributed by atoms with Gasteiger partial charge < -0.3 is 0 Å². The molecule has 4 nitrogen and oxygen atoms in total. The van der Waals surface area contributed by atoms with E-state index in [0.717, 1.165) is 43.3 Å². The van der Waals surface area contributed by atoms with Gasteiger partial charge in [-0.2, -0.15) is 5.10 Å². The molecule has 0 bridgehead atoms. The lowest BCUT2D eigenvalue weighted by molar-refractivity contribution is 1.05. The topological polar surface area (TPSA) is 49.6 Å². The number of amidine groups is 1. The molecule has 0 amide bonds. The number of thioether (sulfide) groups is 1. The summed E-state index contributed by atoms with van der Waals surface area (Å²) < 4.78 is 0. The predicted molar refractivity (Wildman–Crippen MR) is 111 cm³/mol. The van der Waals surface area contributed by atoms with Crippen LogP contribution in [0, 0.1) is 20.8 Å². The number of hydrogen-bond acceptors (Lipinski definition) is 4. The molecule has 0 aliphatic carbocycles. The molecular formula is C20H17ClN4S. The van der Waals surface area contributed by atoms with Gasteiger partial charge >= 0.3 is 0 Å². The van der Waals surface area contributed by atoms with Crippen molar-refractivity contribution in [2.24, 2.45) is 10.1 Å². The normalized spacial score (nSPS) is 15.0. The number of aryl methyl sites for hydroxylation is 3. The maximum atomic E-state index is 6.26. The van der Waals surface area contributed by atoms with Gasteiger partial charge in [-0.1, -0.05) is 35.4 Å². The Morgan fingerprint density at radius 3 is 2.73 bits per heavy atom. The van der Waals surface area contributed by atoms with Crippen LogP contribution in [0.15, 0.2) is 51.5 Å². The first-order chi connectivity index (χ1) is 12.5. The van der Waals surface area contributed by atoms with E-state index in [1.165, 1.54) is 17.3 Å².